The predicted molar refractivity (Wildman–Crippen MR) is 32.0 cm³/mol. The zero-order valence-corrected chi connectivity index (χ0v) is 4.35. The number of hydrogen-bond donors (Lipinski definition) is 2. The van der Waals surface area contributed by atoms with Gasteiger partial charge in [-0.15, -0.1) is 0 Å². The molecule has 0 saturated carbocycles. The van der Waals surface area contributed by atoms with E-state index in [0.717, 1.165) is 0 Å². The van der Waals surface area contributed by atoms with E-state index in [1.54, 1.807) is 0 Å². The van der Waals surface area contributed by atoms with Crippen molar-refractivity contribution in [2.45, 2.75) is 0 Å². The van der Waals surface area contributed by atoms with Gasteiger partial charge in [-0.25, -0.2) is 0 Å². The Morgan fingerprint density at radius 1 is 1.38 bits per heavy atom. The molecule has 4 nitrogen and oxygen atoms in total. The topological polar surface area (TPSA) is 74.6 Å². The van der Waals surface area contributed by atoms with Crippen LogP contribution in [0.3, 0.4) is 0 Å². The molecule has 0 amide bonds. The molecule has 48 valence electrons. The summed E-state index contributed by atoms with van der Waals surface area (Å²) in [5, 5.41) is 7.86. The molecule has 0 fully saturated rings. The van der Waals surface area contributed by atoms with Gasteiger partial charge in [-0.05, 0) is 0 Å². The molecule has 6 heteroatoms. The maximum absolute atomic E-state index is 9.63. The first-order valence-electron chi connectivity index (χ1n) is 1.62. The zero-order valence-electron chi connectivity index (χ0n) is 3.53. The Morgan fingerprint density at radius 2 is 1.75 bits per heavy atom. The minimum absolute atomic E-state index is 0. The third kappa shape index (κ3) is 10.2. The van der Waals surface area contributed by atoms with Crippen molar-refractivity contribution in [3.63, 3.8) is 0 Å². The van der Waals surface area contributed by atoms with Gasteiger partial charge in [0, 0.05) is 0 Å². The number of aliphatic hydroxyl groups is 1. The van der Waals surface area contributed by atoms with Gasteiger partial charge in [-0.3, -0.25) is 4.55 Å². The van der Waals surface area contributed by atoms with Crippen LogP contribution in [-0.4, -0.2) is 68.2 Å². The summed E-state index contributed by atoms with van der Waals surface area (Å²) in [6.07, 6.45) is 0. The average molecular weight is 168 g/mol. The van der Waals surface area contributed by atoms with Crippen molar-refractivity contribution in [1.82, 2.24) is 0 Å². The molecule has 0 rings (SSSR count). The van der Waals surface area contributed by atoms with Gasteiger partial charge >= 0.3 is 37.7 Å². The van der Waals surface area contributed by atoms with E-state index in [9.17, 15) is 8.42 Å². The molecular weight excluding hydrogens is 160 g/mol. The molecule has 0 bridgehead atoms. The monoisotopic (exact) mass is 168 g/mol. The van der Waals surface area contributed by atoms with E-state index in [0.29, 0.717) is 0 Å². The molecule has 0 aromatic carbocycles. The summed E-state index contributed by atoms with van der Waals surface area (Å²) in [6, 6.07) is 0. The molecule has 0 atom stereocenters. The minimum atomic E-state index is -3.92. The maximum atomic E-state index is 9.63. The van der Waals surface area contributed by atoms with Crippen molar-refractivity contribution in [3.8, 4) is 0 Å². The molecule has 0 aliphatic rings. The molecule has 0 aliphatic heterocycles. The predicted octanol–water partition coefficient (Wildman–Crippen LogP) is -2.05. The Morgan fingerprint density at radius 3 is 1.75 bits per heavy atom. The second-order valence-electron chi connectivity index (χ2n) is 1.01. The summed E-state index contributed by atoms with van der Waals surface area (Å²) in [7, 11) is -3.92. The summed E-state index contributed by atoms with van der Waals surface area (Å²) in [4.78, 5) is 0. The van der Waals surface area contributed by atoms with Crippen molar-refractivity contribution in [1.29, 1.82) is 0 Å². The Hall–Kier alpha value is 1.13. The van der Waals surface area contributed by atoms with Gasteiger partial charge in [-0.1, -0.05) is 0 Å². The molecule has 2 N–H and O–H groups in total. The van der Waals surface area contributed by atoms with E-state index in [2.05, 4.69) is 0 Å². The van der Waals surface area contributed by atoms with Crippen molar-refractivity contribution in [2.24, 2.45) is 0 Å². The molecule has 0 aliphatic carbocycles. The molecule has 0 spiro atoms. The Bertz CT molecular complexity index is 127. The fraction of sp³-hybridized carbons (Fsp3) is 1.00. The van der Waals surface area contributed by atoms with Gasteiger partial charge in [0.2, 0.25) is 0 Å². The Kier molecular flexibility index (Phi) is 7.36. The molecule has 8 heavy (non-hydrogen) atoms. The van der Waals surface area contributed by atoms with Crippen LogP contribution in [0, 0.1) is 0 Å². The number of hydrogen-bond acceptors (Lipinski definition) is 3. The van der Waals surface area contributed by atoms with Crippen LogP contribution in [0.2, 0.25) is 0 Å². The summed E-state index contributed by atoms with van der Waals surface area (Å²) >= 11 is 0. The Labute approximate surface area is 77.6 Å². The van der Waals surface area contributed by atoms with Crippen molar-refractivity contribution in [3.05, 3.63) is 0 Å². The van der Waals surface area contributed by atoms with Gasteiger partial charge in [0.15, 0.2) is 0 Å². The average Bonchev–Trinajstić information content (AvgIpc) is 1.30. The zero-order chi connectivity index (χ0) is 5.91. The second-order valence-corrected chi connectivity index (χ2v) is 2.58. The third-order valence-corrected chi connectivity index (χ3v) is 1.05. The molecule has 0 radical (unpaired) electrons. The van der Waals surface area contributed by atoms with Crippen LogP contribution < -0.4 is 0 Å². The summed E-state index contributed by atoms with van der Waals surface area (Å²) < 4.78 is 27.1. The van der Waals surface area contributed by atoms with Crippen molar-refractivity contribution in [2.75, 3.05) is 12.4 Å². The molecule has 0 aromatic rings. The van der Waals surface area contributed by atoms with Crippen LogP contribution in [0.4, 0.5) is 0 Å². The quantitative estimate of drug-likeness (QED) is 0.367. The second kappa shape index (κ2) is 4.96. The van der Waals surface area contributed by atoms with Crippen LogP contribution >= 0.6 is 0 Å². The molecule has 0 aromatic heterocycles. The number of rotatable bonds is 2. The van der Waals surface area contributed by atoms with E-state index in [1.807, 2.05) is 0 Å². The summed E-state index contributed by atoms with van der Waals surface area (Å²) in [5.74, 6) is -0.576. The van der Waals surface area contributed by atoms with E-state index >= 15 is 0 Å². The molecule has 0 unspecified atom stereocenters. The van der Waals surface area contributed by atoms with Gasteiger partial charge in [0.25, 0.3) is 10.1 Å². The van der Waals surface area contributed by atoms with Crippen LogP contribution in [0.15, 0.2) is 0 Å². The van der Waals surface area contributed by atoms with Crippen molar-refractivity contribution < 1.29 is 18.1 Å². The SMILES string of the molecule is O=S(=O)(O)CCO.[CaH2]. The molecular formula is C2H8CaO4S. The summed E-state index contributed by atoms with van der Waals surface area (Å²) in [6.45, 7) is -0.529. The van der Waals surface area contributed by atoms with E-state index < -0.39 is 22.5 Å². The standard InChI is InChI=1S/C2H6O4S.Ca.2H/c3-1-2-7(4,5)6;;;/h3H,1-2H2,(H,4,5,6);;;. The van der Waals surface area contributed by atoms with Crippen molar-refractivity contribution >= 4 is 47.9 Å². The van der Waals surface area contributed by atoms with E-state index in [1.165, 1.54) is 0 Å². The van der Waals surface area contributed by atoms with E-state index in [-0.39, 0.29) is 37.7 Å². The van der Waals surface area contributed by atoms with Gasteiger partial charge < -0.3 is 5.11 Å². The van der Waals surface area contributed by atoms with Gasteiger partial charge in [-0.2, -0.15) is 8.42 Å². The molecule has 0 saturated heterocycles. The van der Waals surface area contributed by atoms with Gasteiger partial charge in [0.05, 0.1) is 12.4 Å². The van der Waals surface area contributed by atoms with Gasteiger partial charge in [0.1, 0.15) is 0 Å². The number of aliphatic hydroxyl groups excluding tert-OH is 1. The fourth-order valence-corrected chi connectivity index (χ4v) is 0.346. The van der Waals surface area contributed by atoms with Crippen LogP contribution in [-0.2, 0) is 10.1 Å². The fourth-order valence-electron chi connectivity index (χ4n) is 0.115. The third-order valence-electron chi connectivity index (χ3n) is 0.349. The first kappa shape index (κ1) is 11.9. The first-order chi connectivity index (χ1) is 3.06. The van der Waals surface area contributed by atoms with Crippen LogP contribution in [0.1, 0.15) is 0 Å². The van der Waals surface area contributed by atoms with E-state index in [4.69, 9.17) is 9.66 Å². The summed E-state index contributed by atoms with van der Waals surface area (Å²) in [5.41, 5.74) is 0. The normalized spacial score (nSPS) is 10.2. The Balaban J connectivity index is 0. The first-order valence-corrected chi connectivity index (χ1v) is 3.23. The van der Waals surface area contributed by atoms with Crippen LogP contribution in [0.5, 0.6) is 0 Å². The molecule has 0 heterocycles. The van der Waals surface area contributed by atoms with Crippen LogP contribution in [0.25, 0.3) is 0 Å².